The number of hydrazine groups is 1. The van der Waals surface area contributed by atoms with Crippen LogP contribution in [0.25, 0.3) is 11.4 Å². The summed E-state index contributed by atoms with van der Waals surface area (Å²) in [7, 11) is 2.43. The number of alkyl carbamates (subject to hydrolysis) is 2. The lowest BCUT2D eigenvalue weighted by atomic mass is 9.86. The van der Waals surface area contributed by atoms with Crippen molar-refractivity contribution in [2.24, 2.45) is 11.3 Å². The maximum Gasteiger partial charge on any atom is 0.407 e. The average Bonchev–Trinajstić information content (AvgIpc) is 3.64. The fraction of sp³-hybridized carbons (Fsp3) is 0.500. The molecule has 272 valence electrons. The molecule has 0 fully saturated rings. The van der Waals surface area contributed by atoms with Gasteiger partial charge >= 0.3 is 12.2 Å². The Labute approximate surface area is 292 Å². The van der Waals surface area contributed by atoms with Gasteiger partial charge in [0, 0.05) is 18.7 Å². The van der Waals surface area contributed by atoms with Crippen molar-refractivity contribution in [3.63, 3.8) is 0 Å². The number of aromatic nitrogens is 4. The van der Waals surface area contributed by atoms with Gasteiger partial charge in [-0.25, -0.2) is 14.6 Å². The summed E-state index contributed by atoms with van der Waals surface area (Å²) in [5, 5.41) is 35.5. The van der Waals surface area contributed by atoms with Crippen LogP contribution in [-0.2, 0) is 32.0 Å². The maximum absolute atomic E-state index is 13.7. The first kappa shape index (κ1) is 39.3. The number of tetrazole rings is 1. The van der Waals surface area contributed by atoms with Crippen molar-refractivity contribution in [3.05, 3.63) is 65.7 Å². The van der Waals surface area contributed by atoms with Crippen LogP contribution in [0.15, 0.2) is 54.6 Å². The predicted octanol–water partition coefficient (Wildman–Crippen LogP) is 2.33. The Morgan fingerprint density at radius 2 is 1.54 bits per heavy atom. The predicted molar refractivity (Wildman–Crippen MR) is 184 cm³/mol. The summed E-state index contributed by atoms with van der Waals surface area (Å²) in [6.07, 6.45) is -1.91. The Morgan fingerprint density at radius 3 is 2.10 bits per heavy atom. The number of aromatic amines is 1. The van der Waals surface area contributed by atoms with Crippen molar-refractivity contribution in [3.8, 4) is 11.4 Å². The molecule has 0 bridgehead atoms. The summed E-state index contributed by atoms with van der Waals surface area (Å²) >= 11 is 0. The highest BCUT2D eigenvalue weighted by atomic mass is 16.5. The van der Waals surface area contributed by atoms with Crippen LogP contribution < -0.4 is 21.4 Å². The van der Waals surface area contributed by atoms with E-state index >= 15 is 0 Å². The van der Waals surface area contributed by atoms with Gasteiger partial charge in [-0.1, -0.05) is 95.6 Å². The van der Waals surface area contributed by atoms with Crippen LogP contribution in [0, 0.1) is 11.3 Å². The summed E-state index contributed by atoms with van der Waals surface area (Å²) in [5.74, 6) is -0.865. The van der Waals surface area contributed by atoms with E-state index in [-0.39, 0.29) is 25.4 Å². The quantitative estimate of drug-likeness (QED) is 0.120. The second kappa shape index (κ2) is 18.6. The lowest BCUT2D eigenvalue weighted by molar-refractivity contribution is -0.132. The standard InChI is InChI=1S/C34H49N9O7/c1-8-21(2)27(36-32(47)49-6)30(45)35-25(18-22-12-10-9-11-13-22)26(44)20-43(40-31(46)28(34(3,4)5)37-33(48)50-7)19-23-14-16-24(17-15-23)29-38-41-42-39-29/h9-17,21,25-28,44H,8,18-20H2,1-7H3,(H,35,45)(H,36,47)(H,37,48)(H,40,46)(H,38,39,41,42)/t21-,25-,26-,27-,28+/m0/s1. The normalized spacial score (nSPS) is 14.4. The molecule has 6 N–H and O–H groups in total. The first-order valence-corrected chi connectivity index (χ1v) is 16.3. The molecule has 16 nitrogen and oxygen atoms in total. The topological polar surface area (TPSA) is 213 Å². The van der Waals surface area contributed by atoms with E-state index in [0.717, 1.165) is 16.7 Å². The minimum absolute atomic E-state index is 0.135. The molecule has 0 radical (unpaired) electrons. The Balaban J connectivity index is 1.94. The fourth-order valence-corrected chi connectivity index (χ4v) is 5.15. The number of carbonyl (C=O) groups excluding carboxylic acids is 4. The lowest BCUT2D eigenvalue weighted by Gasteiger charge is -2.35. The Hall–Kier alpha value is -5.09. The van der Waals surface area contributed by atoms with Crippen molar-refractivity contribution in [2.75, 3.05) is 20.8 Å². The van der Waals surface area contributed by atoms with E-state index in [2.05, 4.69) is 42.0 Å². The average molecular weight is 696 g/mol. The number of nitrogens with one attached hydrogen (secondary N) is 5. The molecule has 0 saturated heterocycles. The monoisotopic (exact) mass is 695 g/mol. The zero-order valence-electron chi connectivity index (χ0n) is 29.6. The largest absolute Gasteiger partial charge is 0.453 e. The van der Waals surface area contributed by atoms with Crippen LogP contribution >= 0.6 is 0 Å². The minimum Gasteiger partial charge on any atom is -0.453 e. The number of hydrogen-bond donors (Lipinski definition) is 6. The van der Waals surface area contributed by atoms with Crippen molar-refractivity contribution in [1.29, 1.82) is 0 Å². The molecular formula is C34H49N9O7. The molecule has 16 heteroatoms. The zero-order valence-corrected chi connectivity index (χ0v) is 29.6. The number of methoxy groups -OCH3 is 2. The number of H-pyrrole nitrogens is 1. The molecule has 4 amide bonds. The highest BCUT2D eigenvalue weighted by molar-refractivity contribution is 5.86. The summed E-state index contributed by atoms with van der Waals surface area (Å²) < 4.78 is 9.51. The van der Waals surface area contributed by atoms with E-state index < -0.39 is 53.6 Å². The smallest absolute Gasteiger partial charge is 0.407 e. The van der Waals surface area contributed by atoms with Crippen LogP contribution in [0.1, 0.15) is 52.2 Å². The third-order valence-corrected chi connectivity index (χ3v) is 8.23. The molecule has 3 rings (SSSR count). The molecule has 0 saturated carbocycles. The van der Waals surface area contributed by atoms with E-state index in [1.54, 1.807) is 32.9 Å². The Morgan fingerprint density at radius 1 is 0.900 bits per heavy atom. The van der Waals surface area contributed by atoms with E-state index in [1.807, 2.05) is 56.3 Å². The van der Waals surface area contributed by atoms with Crippen molar-refractivity contribution < 1.29 is 33.8 Å². The second-order valence-electron chi connectivity index (χ2n) is 13.1. The van der Waals surface area contributed by atoms with E-state index in [4.69, 9.17) is 9.47 Å². The first-order chi connectivity index (χ1) is 23.7. The molecule has 0 spiro atoms. The van der Waals surface area contributed by atoms with Crippen molar-refractivity contribution in [1.82, 2.24) is 47.0 Å². The van der Waals surface area contributed by atoms with Crippen LogP contribution in [0.2, 0.25) is 0 Å². The van der Waals surface area contributed by atoms with E-state index in [0.29, 0.717) is 12.2 Å². The number of benzene rings is 2. The van der Waals surface area contributed by atoms with Crippen LogP contribution in [-0.4, -0.2) is 99.7 Å². The number of nitrogens with zero attached hydrogens (tertiary/aromatic N) is 4. The summed E-state index contributed by atoms with van der Waals surface area (Å²) in [6, 6.07) is 13.8. The highest BCUT2D eigenvalue weighted by Crippen LogP contribution is 2.21. The van der Waals surface area contributed by atoms with Gasteiger partial charge in [-0.3, -0.25) is 15.0 Å². The van der Waals surface area contributed by atoms with Crippen LogP contribution in [0.5, 0.6) is 0 Å². The number of carbonyl (C=O) groups is 4. The van der Waals surface area contributed by atoms with E-state index in [9.17, 15) is 24.3 Å². The fourth-order valence-electron chi connectivity index (χ4n) is 5.15. The molecule has 0 aliphatic rings. The number of aliphatic hydroxyl groups excluding tert-OH is 1. The number of hydrogen-bond acceptors (Lipinski definition) is 11. The first-order valence-electron chi connectivity index (χ1n) is 16.3. The second-order valence-corrected chi connectivity index (χ2v) is 13.1. The highest BCUT2D eigenvalue weighted by Gasteiger charge is 2.35. The Kier molecular flexibility index (Phi) is 14.6. The van der Waals surface area contributed by atoms with Gasteiger partial charge in [-0.15, -0.1) is 10.2 Å². The van der Waals surface area contributed by atoms with Gasteiger partial charge in [-0.05, 0) is 34.1 Å². The third-order valence-electron chi connectivity index (χ3n) is 8.23. The van der Waals surface area contributed by atoms with Gasteiger partial charge in [0.1, 0.15) is 12.1 Å². The molecule has 5 atom stereocenters. The molecular weight excluding hydrogens is 646 g/mol. The minimum atomic E-state index is -1.23. The molecule has 1 aromatic heterocycles. The summed E-state index contributed by atoms with van der Waals surface area (Å²) in [5.41, 5.74) is 4.49. The summed E-state index contributed by atoms with van der Waals surface area (Å²) in [4.78, 5) is 51.7. The molecule has 0 unspecified atom stereocenters. The summed E-state index contributed by atoms with van der Waals surface area (Å²) in [6.45, 7) is 9.12. The maximum atomic E-state index is 13.7. The molecule has 1 heterocycles. The number of amides is 4. The van der Waals surface area contributed by atoms with E-state index in [1.165, 1.54) is 19.2 Å². The van der Waals surface area contributed by atoms with Gasteiger partial charge < -0.3 is 30.5 Å². The Bertz CT molecular complexity index is 1520. The molecule has 2 aromatic carbocycles. The number of aliphatic hydroxyl groups is 1. The van der Waals surface area contributed by atoms with Crippen LogP contribution in [0.4, 0.5) is 9.59 Å². The van der Waals surface area contributed by atoms with Gasteiger partial charge in [0.05, 0.1) is 26.4 Å². The van der Waals surface area contributed by atoms with Crippen LogP contribution in [0.3, 0.4) is 0 Å². The number of rotatable bonds is 16. The molecule has 3 aromatic rings. The van der Waals surface area contributed by atoms with Gasteiger partial charge in [-0.2, -0.15) is 5.21 Å². The van der Waals surface area contributed by atoms with Gasteiger partial charge in [0.2, 0.25) is 11.7 Å². The van der Waals surface area contributed by atoms with Gasteiger partial charge in [0.25, 0.3) is 5.91 Å². The van der Waals surface area contributed by atoms with Crippen molar-refractivity contribution in [2.45, 2.75) is 78.2 Å². The SMILES string of the molecule is CC[C@H](C)[C@H](NC(=O)OC)C(=O)N[C@@H](Cc1ccccc1)[C@@H](O)CN(Cc1ccc(-c2nn[nH]n2)cc1)NC(=O)[C@@H](NC(=O)OC)C(C)(C)C. The van der Waals surface area contributed by atoms with Crippen molar-refractivity contribution >= 4 is 24.0 Å². The number of ether oxygens (including phenoxy) is 2. The molecule has 0 aliphatic heterocycles. The third kappa shape index (κ3) is 11.8. The lowest BCUT2D eigenvalue weighted by Crippen LogP contribution is -2.60. The zero-order chi connectivity index (χ0) is 36.8. The molecule has 50 heavy (non-hydrogen) atoms. The molecule has 0 aliphatic carbocycles. The van der Waals surface area contributed by atoms with Gasteiger partial charge in [0.15, 0.2) is 0 Å².